The van der Waals surface area contributed by atoms with Crippen LogP contribution >= 0.6 is 0 Å². The summed E-state index contributed by atoms with van der Waals surface area (Å²) < 4.78 is 0. The molecule has 0 N–H and O–H groups in total. The van der Waals surface area contributed by atoms with Gasteiger partial charge in [-0.15, -0.1) is 0 Å². The lowest BCUT2D eigenvalue weighted by atomic mass is 9.72. The first-order chi connectivity index (χ1) is 10.9. The Kier molecular flexibility index (Phi) is 2.30. The number of fused-ring (bicyclic) bond motifs is 7. The van der Waals surface area contributed by atoms with Crippen LogP contribution in [0.5, 0.6) is 0 Å². The van der Waals surface area contributed by atoms with E-state index in [1.54, 1.807) is 12.0 Å². The zero-order valence-electron chi connectivity index (χ0n) is 13.4. The number of benzene rings is 1. The molecule has 1 aromatic rings. The van der Waals surface area contributed by atoms with E-state index in [1.807, 2.05) is 5.57 Å². The lowest BCUT2D eigenvalue weighted by Crippen LogP contribution is -2.24. The van der Waals surface area contributed by atoms with E-state index in [0.29, 0.717) is 5.41 Å². The van der Waals surface area contributed by atoms with Crippen molar-refractivity contribution < 1.29 is 0 Å². The van der Waals surface area contributed by atoms with Gasteiger partial charge in [0.15, 0.2) is 0 Å². The Balaban J connectivity index is 1.50. The Hall–Kier alpha value is -1.04. The van der Waals surface area contributed by atoms with Crippen LogP contribution in [0.4, 0.5) is 0 Å². The fraction of sp³-hybridized carbons (Fsp3) is 0.636. The van der Waals surface area contributed by atoms with E-state index < -0.39 is 0 Å². The summed E-state index contributed by atoms with van der Waals surface area (Å²) in [6, 6.07) is 11.7. The highest BCUT2D eigenvalue weighted by atomic mass is 14.8. The minimum absolute atomic E-state index is 0.493. The summed E-state index contributed by atoms with van der Waals surface area (Å²) in [6.45, 7) is 0. The number of hydrogen-bond acceptors (Lipinski definition) is 0. The van der Waals surface area contributed by atoms with Gasteiger partial charge in [0, 0.05) is 5.41 Å². The number of rotatable bonds is 2. The van der Waals surface area contributed by atoms with Crippen LogP contribution in [-0.2, 0) is 5.41 Å². The molecule has 0 amide bonds. The molecule has 0 saturated heterocycles. The van der Waals surface area contributed by atoms with Gasteiger partial charge in [0.05, 0.1) is 0 Å². The fourth-order valence-corrected chi connectivity index (χ4v) is 7.61. The molecular formula is C22H26. The highest BCUT2D eigenvalue weighted by Gasteiger charge is 2.76. The Labute approximate surface area is 134 Å². The molecule has 0 nitrogen and oxygen atoms in total. The van der Waals surface area contributed by atoms with Gasteiger partial charge in [-0.05, 0) is 86.0 Å². The Morgan fingerprint density at radius 1 is 0.818 bits per heavy atom. The monoisotopic (exact) mass is 290 g/mol. The molecule has 4 saturated carbocycles. The number of hydrogen-bond donors (Lipinski definition) is 0. The van der Waals surface area contributed by atoms with Gasteiger partial charge < -0.3 is 0 Å². The molecule has 22 heavy (non-hydrogen) atoms. The van der Waals surface area contributed by atoms with E-state index in [4.69, 9.17) is 0 Å². The van der Waals surface area contributed by atoms with Crippen molar-refractivity contribution in [2.45, 2.75) is 50.4 Å². The molecule has 0 aromatic heterocycles. The van der Waals surface area contributed by atoms with Crippen LogP contribution < -0.4 is 0 Å². The Morgan fingerprint density at radius 2 is 1.59 bits per heavy atom. The predicted molar refractivity (Wildman–Crippen MR) is 89.5 cm³/mol. The summed E-state index contributed by atoms with van der Waals surface area (Å²) in [5, 5.41) is 0. The van der Waals surface area contributed by atoms with Crippen molar-refractivity contribution in [3.8, 4) is 0 Å². The van der Waals surface area contributed by atoms with Crippen LogP contribution in [0, 0.1) is 35.5 Å². The van der Waals surface area contributed by atoms with Gasteiger partial charge in [-0.2, -0.15) is 0 Å². The van der Waals surface area contributed by atoms with Gasteiger partial charge in [0.1, 0.15) is 0 Å². The lowest BCUT2D eigenvalue weighted by molar-refractivity contribution is 0.407. The molecule has 0 heterocycles. The molecule has 0 aliphatic heterocycles. The topological polar surface area (TPSA) is 0 Å². The minimum Gasteiger partial charge on any atom is -0.0813 e. The average molecular weight is 290 g/mol. The zero-order chi connectivity index (χ0) is 14.3. The molecule has 4 fully saturated rings. The van der Waals surface area contributed by atoms with Crippen molar-refractivity contribution in [2.24, 2.45) is 35.5 Å². The maximum Gasteiger partial charge on any atom is 0.0230 e. The van der Waals surface area contributed by atoms with Gasteiger partial charge >= 0.3 is 0 Å². The predicted octanol–water partition coefficient (Wildman–Crippen LogP) is 5.35. The maximum atomic E-state index is 2.77. The van der Waals surface area contributed by atoms with Gasteiger partial charge in [-0.3, -0.25) is 0 Å². The minimum atomic E-state index is 0.493. The maximum absolute atomic E-state index is 2.77. The van der Waals surface area contributed by atoms with Crippen LogP contribution in [-0.4, -0.2) is 0 Å². The zero-order valence-corrected chi connectivity index (χ0v) is 13.4. The summed E-state index contributed by atoms with van der Waals surface area (Å²) in [4.78, 5) is 0. The largest absolute Gasteiger partial charge is 0.0813 e. The second kappa shape index (κ2) is 4.08. The van der Waals surface area contributed by atoms with Gasteiger partial charge in [-0.1, -0.05) is 42.0 Å². The van der Waals surface area contributed by atoms with Crippen molar-refractivity contribution in [2.75, 3.05) is 0 Å². The third kappa shape index (κ3) is 1.36. The van der Waals surface area contributed by atoms with E-state index >= 15 is 0 Å². The van der Waals surface area contributed by atoms with Crippen molar-refractivity contribution in [3.63, 3.8) is 0 Å². The summed E-state index contributed by atoms with van der Waals surface area (Å²) in [7, 11) is 0. The molecule has 114 valence electrons. The standard InChI is InChI=1S/C22H26/c1-2-4-18(5-3-1)22(19-11-14-6-7-15(10-14)12-19)20-16-8-9-17(13-16)21(20)22/h1-5,11,14-17,20-21H,6-10,12-13H2/t14-,15+,16-,17+,20+,21-,22?/m1/s1. The van der Waals surface area contributed by atoms with Gasteiger partial charge in [0.25, 0.3) is 0 Å². The van der Waals surface area contributed by atoms with E-state index in [-0.39, 0.29) is 0 Å². The van der Waals surface area contributed by atoms with Crippen molar-refractivity contribution in [1.82, 2.24) is 0 Å². The van der Waals surface area contributed by atoms with Gasteiger partial charge in [-0.25, -0.2) is 0 Å². The van der Waals surface area contributed by atoms with E-state index in [0.717, 1.165) is 35.5 Å². The van der Waals surface area contributed by atoms with Crippen LogP contribution in [0.1, 0.15) is 50.5 Å². The van der Waals surface area contributed by atoms with E-state index in [9.17, 15) is 0 Å². The van der Waals surface area contributed by atoms with Crippen LogP contribution in [0.3, 0.4) is 0 Å². The fourth-order valence-electron chi connectivity index (χ4n) is 7.61. The molecular weight excluding hydrogens is 264 g/mol. The SMILES string of the molecule is C1=C(C2(c3ccccc3)[C@@H]3[C@H]4CC[C@H](C4)[C@@H]32)C[C@H]2CC[C@@H]1C2. The Bertz CT molecular complexity index is 623. The quantitative estimate of drug-likeness (QED) is 0.644. The highest BCUT2D eigenvalue weighted by Crippen LogP contribution is 2.79. The first-order valence-electron chi connectivity index (χ1n) is 9.64. The van der Waals surface area contributed by atoms with Crippen molar-refractivity contribution >= 4 is 0 Å². The van der Waals surface area contributed by atoms with E-state index in [2.05, 4.69) is 36.4 Å². The molecule has 5 aliphatic carbocycles. The second-order valence-electron chi connectivity index (χ2n) is 8.96. The smallest absolute Gasteiger partial charge is 0.0230 e. The molecule has 4 bridgehead atoms. The highest BCUT2D eigenvalue weighted by molar-refractivity contribution is 5.51. The van der Waals surface area contributed by atoms with Gasteiger partial charge in [0.2, 0.25) is 0 Å². The van der Waals surface area contributed by atoms with Crippen LogP contribution in [0.15, 0.2) is 42.0 Å². The molecule has 0 heteroatoms. The molecule has 0 spiro atoms. The summed E-state index contributed by atoms with van der Waals surface area (Å²) >= 11 is 0. The molecule has 5 aliphatic rings. The first-order valence-corrected chi connectivity index (χ1v) is 9.64. The normalized spacial score (nSPS) is 50.8. The van der Waals surface area contributed by atoms with Crippen molar-refractivity contribution in [1.29, 1.82) is 0 Å². The lowest BCUT2D eigenvalue weighted by Gasteiger charge is -2.32. The molecule has 7 atom stereocenters. The average Bonchev–Trinajstić information content (AvgIpc) is 2.84. The third-order valence-corrected chi connectivity index (χ3v) is 8.17. The summed E-state index contributed by atoms with van der Waals surface area (Å²) in [6.07, 6.45) is 13.3. The van der Waals surface area contributed by atoms with Crippen LogP contribution in [0.25, 0.3) is 0 Å². The molecule has 1 unspecified atom stereocenters. The first kappa shape index (κ1) is 12.4. The second-order valence-corrected chi connectivity index (χ2v) is 8.96. The Morgan fingerprint density at radius 3 is 2.32 bits per heavy atom. The molecule has 6 rings (SSSR count). The third-order valence-electron chi connectivity index (χ3n) is 8.17. The number of allylic oxidation sites excluding steroid dienone is 2. The van der Waals surface area contributed by atoms with E-state index in [1.165, 1.54) is 38.5 Å². The van der Waals surface area contributed by atoms with Crippen LogP contribution in [0.2, 0.25) is 0 Å². The summed E-state index contributed by atoms with van der Waals surface area (Å²) in [5.74, 6) is 6.07. The summed E-state index contributed by atoms with van der Waals surface area (Å²) in [5.41, 5.74) is 4.06. The molecule has 0 radical (unpaired) electrons. The van der Waals surface area contributed by atoms with Crippen molar-refractivity contribution in [3.05, 3.63) is 47.5 Å². The molecule has 1 aromatic carbocycles.